The number of hydrogen-bond donors (Lipinski definition) is 3. The lowest BCUT2D eigenvalue weighted by atomic mass is 9.88. The number of rotatable bonds is 3. The van der Waals surface area contributed by atoms with Crippen molar-refractivity contribution >= 4 is 22.5 Å². The molecule has 1 aromatic rings. The van der Waals surface area contributed by atoms with Crippen molar-refractivity contribution in [1.82, 2.24) is 0 Å². The van der Waals surface area contributed by atoms with Gasteiger partial charge < -0.3 is 9.84 Å². The van der Waals surface area contributed by atoms with E-state index in [4.69, 9.17) is 24.8 Å². The number of ether oxygens (including phenoxy) is 1. The van der Waals surface area contributed by atoms with E-state index in [0.29, 0.717) is 17.5 Å². The third-order valence-corrected chi connectivity index (χ3v) is 3.44. The number of hydrogen-bond acceptors (Lipinski definition) is 4. The molecule has 0 radical (unpaired) electrons. The summed E-state index contributed by atoms with van der Waals surface area (Å²) in [4.78, 5) is 0. The van der Waals surface area contributed by atoms with Crippen molar-refractivity contribution in [2.45, 2.75) is 31.8 Å². The van der Waals surface area contributed by atoms with E-state index in [1.807, 2.05) is 24.3 Å². The van der Waals surface area contributed by atoms with Crippen molar-refractivity contribution in [1.29, 1.82) is 0 Å². The first kappa shape index (κ1) is 17.2. The Kier molecular flexibility index (Phi) is 7.91. The van der Waals surface area contributed by atoms with Gasteiger partial charge in [-0.25, -0.2) is 13.6 Å². The molecule has 0 aromatic heterocycles. The van der Waals surface area contributed by atoms with E-state index in [1.165, 1.54) is 0 Å². The molecular formula is C13H20ClNO4S. The number of aliphatic hydroxyl groups is 1. The molecule has 0 heterocycles. The average Bonchev–Trinajstić information content (AvgIpc) is 2.39. The van der Waals surface area contributed by atoms with Gasteiger partial charge in [0.1, 0.15) is 5.75 Å². The Bertz CT molecular complexity index is 465. The highest BCUT2D eigenvalue weighted by molar-refractivity contribution is 7.69. The monoisotopic (exact) mass is 321 g/mol. The fourth-order valence-corrected chi connectivity index (χ4v) is 2.27. The molecule has 0 spiro atoms. The maximum absolute atomic E-state index is 9.39. The first-order valence-electron chi connectivity index (χ1n) is 6.43. The number of para-hydroxylation sites is 1. The van der Waals surface area contributed by atoms with Gasteiger partial charge >= 0.3 is 0 Å². The highest BCUT2D eigenvalue weighted by atomic mass is 35.5. The number of nitrogens with two attached hydrogens (primary N) is 1. The predicted octanol–water partition coefficient (Wildman–Crippen LogP) is 1.74. The second-order valence-electron chi connectivity index (χ2n) is 4.70. The Balaban J connectivity index is 0.000000444. The van der Waals surface area contributed by atoms with Crippen LogP contribution in [0.1, 0.15) is 25.7 Å². The molecule has 0 amide bonds. The van der Waals surface area contributed by atoms with E-state index >= 15 is 0 Å². The van der Waals surface area contributed by atoms with Crippen LogP contribution in [-0.2, 0) is 10.9 Å². The van der Waals surface area contributed by atoms with Crippen molar-refractivity contribution in [3.63, 3.8) is 0 Å². The molecule has 0 saturated heterocycles. The van der Waals surface area contributed by atoms with Gasteiger partial charge in [-0.05, 0) is 43.7 Å². The maximum atomic E-state index is 9.39. The SMILES string of the molecule is N[SH](=O)=O.O[C@H]1CC[C@H](COc2ccccc2Cl)CC1. The van der Waals surface area contributed by atoms with E-state index in [1.54, 1.807) is 0 Å². The summed E-state index contributed by atoms with van der Waals surface area (Å²) in [5.41, 5.74) is 0. The molecule has 7 heteroatoms. The van der Waals surface area contributed by atoms with Crippen molar-refractivity contribution in [2.24, 2.45) is 11.1 Å². The van der Waals surface area contributed by atoms with Crippen molar-refractivity contribution in [2.75, 3.05) is 6.61 Å². The molecule has 114 valence electrons. The fraction of sp³-hybridized carbons (Fsp3) is 0.538. The largest absolute Gasteiger partial charge is 0.492 e. The van der Waals surface area contributed by atoms with Crippen LogP contribution in [0.3, 0.4) is 0 Å². The molecule has 0 unspecified atom stereocenters. The van der Waals surface area contributed by atoms with E-state index in [0.717, 1.165) is 31.4 Å². The number of aliphatic hydroxyl groups excluding tert-OH is 1. The second kappa shape index (κ2) is 9.18. The van der Waals surface area contributed by atoms with Crippen LogP contribution in [-0.4, -0.2) is 26.2 Å². The molecule has 5 nitrogen and oxygen atoms in total. The Labute approximate surface area is 125 Å². The Morgan fingerprint density at radius 3 is 2.35 bits per heavy atom. The minimum Gasteiger partial charge on any atom is -0.492 e. The van der Waals surface area contributed by atoms with Crippen LogP contribution in [0.4, 0.5) is 0 Å². The highest BCUT2D eigenvalue weighted by Crippen LogP contribution is 2.27. The molecule has 0 aliphatic heterocycles. The smallest absolute Gasteiger partial charge is 0.198 e. The van der Waals surface area contributed by atoms with Gasteiger partial charge in [0.2, 0.25) is 0 Å². The fourth-order valence-electron chi connectivity index (χ4n) is 2.08. The summed E-state index contributed by atoms with van der Waals surface area (Å²) in [6, 6.07) is 7.54. The summed E-state index contributed by atoms with van der Waals surface area (Å²) >= 11 is 6.00. The van der Waals surface area contributed by atoms with Crippen LogP contribution in [0.25, 0.3) is 0 Å². The number of thiol groups is 1. The minimum absolute atomic E-state index is 0.100. The second-order valence-corrected chi connectivity index (χ2v) is 5.68. The van der Waals surface area contributed by atoms with Crippen molar-refractivity contribution in [3.05, 3.63) is 29.3 Å². The zero-order valence-corrected chi connectivity index (χ0v) is 12.7. The van der Waals surface area contributed by atoms with E-state index < -0.39 is 10.9 Å². The summed E-state index contributed by atoms with van der Waals surface area (Å²) in [5, 5.41) is 14.1. The van der Waals surface area contributed by atoms with Crippen LogP contribution in [0, 0.1) is 5.92 Å². The summed E-state index contributed by atoms with van der Waals surface area (Å²) in [7, 11) is -2.62. The summed E-state index contributed by atoms with van der Waals surface area (Å²) in [6.45, 7) is 0.705. The lowest BCUT2D eigenvalue weighted by Crippen LogP contribution is -2.22. The maximum Gasteiger partial charge on any atom is 0.198 e. The van der Waals surface area contributed by atoms with Crippen LogP contribution in [0.2, 0.25) is 5.02 Å². The molecular weight excluding hydrogens is 302 g/mol. The van der Waals surface area contributed by atoms with Crippen molar-refractivity contribution in [3.8, 4) is 5.75 Å². The zero-order chi connectivity index (χ0) is 15.0. The zero-order valence-electron chi connectivity index (χ0n) is 11.1. The molecule has 2 rings (SSSR count). The van der Waals surface area contributed by atoms with Crippen LogP contribution in [0.15, 0.2) is 24.3 Å². The van der Waals surface area contributed by atoms with Gasteiger partial charge in [0, 0.05) is 0 Å². The average molecular weight is 322 g/mol. The standard InChI is InChI=1S/C13H17ClO2.H3NO2S/c14-12-3-1-2-4-13(12)16-9-10-5-7-11(15)8-6-10;1-4(2)3/h1-4,10-11,15H,5-9H2;4H,(H2,1,2,3)/t10-,11-;. The van der Waals surface area contributed by atoms with Gasteiger partial charge in [-0.3, -0.25) is 0 Å². The van der Waals surface area contributed by atoms with Crippen LogP contribution >= 0.6 is 11.6 Å². The molecule has 1 fully saturated rings. The van der Waals surface area contributed by atoms with Gasteiger partial charge in [0.15, 0.2) is 10.9 Å². The van der Waals surface area contributed by atoms with E-state index in [-0.39, 0.29) is 6.10 Å². The molecule has 1 aliphatic carbocycles. The lowest BCUT2D eigenvalue weighted by molar-refractivity contribution is 0.0917. The lowest BCUT2D eigenvalue weighted by Gasteiger charge is -2.25. The minimum atomic E-state index is -2.62. The van der Waals surface area contributed by atoms with Gasteiger partial charge in [-0.15, -0.1) is 0 Å². The third-order valence-electron chi connectivity index (χ3n) is 3.13. The van der Waals surface area contributed by atoms with E-state index in [9.17, 15) is 5.11 Å². The van der Waals surface area contributed by atoms with Gasteiger partial charge in [0.05, 0.1) is 17.7 Å². The van der Waals surface area contributed by atoms with Crippen molar-refractivity contribution < 1.29 is 18.3 Å². The number of benzene rings is 1. The molecule has 20 heavy (non-hydrogen) atoms. The van der Waals surface area contributed by atoms with Crippen LogP contribution in [0.5, 0.6) is 5.75 Å². The summed E-state index contributed by atoms with van der Waals surface area (Å²) in [6.07, 6.45) is 3.79. The Hall–Kier alpha value is -0.820. The Morgan fingerprint density at radius 1 is 1.25 bits per heavy atom. The highest BCUT2D eigenvalue weighted by Gasteiger charge is 2.19. The predicted molar refractivity (Wildman–Crippen MR) is 79.4 cm³/mol. The first-order valence-corrected chi connectivity index (χ1v) is 8.06. The quantitative estimate of drug-likeness (QED) is 0.740. The molecule has 0 atom stereocenters. The molecule has 1 aliphatic rings. The van der Waals surface area contributed by atoms with E-state index in [2.05, 4.69) is 5.14 Å². The summed E-state index contributed by atoms with van der Waals surface area (Å²) in [5.74, 6) is 1.31. The molecule has 3 N–H and O–H groups in total. The normalized spacial score (nSPS) is 22.0. The van der Waals surface area contributed by atoms with Crippen LogP contribution < -0.4 is 9.88 Å². The van der Waals surface area contributed by atoms with Gasteiger partial charge in [-0.2, -0.15) is 0 Å². The Morgan fingerprint density at radius 2 is 1.80 bits per heavy atom. The molecule has 1 saturated carbocycles. The van der Waals surface area contributed by atoms with Gasteiger partial charge in [-0.1, -0.05) is 23.7 Å². The third kappa shape index (κ3) is 7.09. The molecule has 0 bridgehead atoms. The number of halogens is 1. The summed E-state index contributed by atoms with van der Waals surface area (Å²) < 4.78 is 23.3. The molecule has 1 aromatic carbocycles. The van der Waals surface area contributed by atoms with Gasteiger partial charge in [0.25, 0.3) is 0 Å². The topological polar surface area (TPSA) is 89.6 Å². The first-order chi connectivity index (χ1) is 9.49.